The summed E-state index contributed by atoms with van der Waals surface area (Å²) in [6.45, 7) is 0.748. The maximum Gasteiger partial charge on any atom is 0.0641 e. The fraction of sp³-hybridized carbons (Fsp3) is 0.308. The summed E-state index contributed by atoms with van der Waals surface area (Å²) >= 11 is 0. The second kappa shape index (κ2) is 6.65. The molecule has 0 aromatic heterocycles. The third-order valence-corrected chi connectivity index (χ3v) is 2.16. The van der Waals surface area contributed by atoms with Crippen molar-refractivity contribution in [3.63, 3.8) is 0 Å². The average Bonchev–Trinajstić information content (AvgIpc) is 2.29. The summed E-state index contributed by atoms with van der Waals surface area (Å²) in [5, 5.41) is 12.0. The monoisotopic (exact) mass is 198 g/mol. The SMILES string of the molecule is C#CCCNC(CC#N)c1ccccc1. The van der Waals surface area contributed by atoms with E-state index in [0.717, 1.165) is 12.1 Å². The fourth-order valence-corrected chi connectivity index (χ4v) is 1.40. The molecule has 0 bridgehead atoms. The Morgan fingerprint density at radius 2 is 2.07 bits per heavy atom. The zero-order valence-corrected chi connectivity index (χ0v) is 8.61. The summed E-state index contributed by atoms with van der Waals surface area (Å²) in [5.74, 6) is 2.57. The molecule has 1 atom stereocenters. The van der Waals surface area contributed by atoms with Crippen molar-refractivity contribution in [2.24, 2.45) is 0 Å². The van der Waals surface area contributed by atoms with Crippen LogP contribution in [0.15, 0.2) is 30.3 Å². The van der Waals surface area contributed by atoms with Crippen molar-refractivity contribution in [2.75, 3.05) is 6.54 Å². The quantitative estimate of drug-likeness (QED) is 0.582. The van der Waals surface area contributed by atoms with Crippen molar-refractivity contribution in [3.8, 4) is 18.4 Å². The number of nitriles is 1. The number of nitrogens with one attached hydrogen (secondary N) is 1. The van der Waals surface area contributed by atoms with E-state index in [-0.39, 0.29) is 6.04 Å². The van der Waals surface area contributed by atoms with Gasteiger partial charge >= 0.3 is 0 Å². The lowest BCUT2D eigenvalue weighted by Crippen LogP contribution is -2.21. The molecule has 2 heteroatoms. The molecule has 0 saturated carbocycles. The van der Waals surface area contributed by atoms with E-state index in [1.54, 1.807) is 0 Å². The molecule has 76 valence electrons. The second-order valence-corrected chi connectivity index (χ2v) is 3.23. The van der Waals surface area contributed by atoms with Gasteiger partial charge < -0.3 is 5.32 Å². The zero-order valence-electron chi connectivity index (χ0n) is 8.61. The highest BCUT2D eigenvalue weighted by atomic mass is 14.9. The molecule has 1 unspecified atom stereocenters. The van der Waals surface area contributed by atoms with E-state index in [4.69, 9.17) is 11.7 Å². The van der Waals surface area contributed by atoms with Gasteiger partial charge in [0.2, 0.25) is 0 Å². The van der Waals surface area contributed by atoms with E-state index >= 15 is 0 Å². The van der Waals surface area contributed by atoms with Crippen molar-refractivity contribution >= 4 is 0 Å². The smallest absolute Gasteiger partial charge is 0.0641 e. The van der Waals surface area contributed by atoms with E-state index in [2.05, 4.69) is 17.3 Å². The normalized spacial score (nSPS) is 11.3. The Hall–Kier alpha value is -1.77. The van der Waals surface area contributed by atoms with Gasteiger partial charge in [0.25, 0.3) is 0 Å². The van der Waals surface area contributed by atoms with Crippen LogP contribution >= 0.6 is 0 Å². The van der Waals surface area contributed by atoms with Crippen LogP contribution in [-0.4, -0.2) is 6.54 Å². The van der Waals surface area contributed by atoms with E-state index in [0.29, 0.717) is 12.8 Å². The van der Waals surface area contributed by atoms with Gasteiger partial charge in [-0.1, -0.05) is 30.3 Å². The van der Waals surface area contributed by atoms with Crippen molar-refractivity contribution in [2.45, 2.75) is 18.9 Å². The minimum atomic E-state index is 0.0875. The van der Waals surface area contributed by atoms with E-state index < -0.39 is 0 Å². The Kier molecular flexibility index (Phi) is 5.01. The molecule has 2 nitrogen and oxygen atoms in total. The van der Waals surface area contributed by atoms with Crippen LogP contribution in [0.1, 0.15) is 24.4 Å². The number of rotatable bonds is 5. The molecule has 0 saturated heterocycles. The Morgan fingerprint density at radius 3 is 2.67 bits per heavy atom. The Labute approximate surface area is 90.9 Å². The highest BCUT2D eigenvalue weighted by molar-refractivity contribution is 5.19. The van der Waals surface area contributed by atoms with Gasteiger partial charge in [0, 0.05) is 19.0 Å². The number of benzene rings is 1. The van der Waals surface area contributed by atoms with Crippen molar-refractivity contribution in [3.05, 3.63) is 35.9 Å². The van der Waals surface area contributed by atoms with E-state index in [1.165, 1.54) is 0 Å². The molecule has 0 spiro atoms. The van der Waals surface area contributed by atoms with Gasteiger partial charge in [-0.3, -0.25) is 0 Å². The van der Waals surface area contributed by atoms with Crippen LogP contribution in [-0.2, 0) is 0 Å². The van der Waals surface area contributed by atoms with Gasteiger partial charge in [0.1, 0.15) is 0 Å². The first-order chi connectivity index (χ1) is 7.38. The van der Waals surface area contributed by atoms with Crippen LogP contribution < -0.4 is 5.32 Å². The number of hydrogen-bond donors (Lipinski definition) is 1. The number of terminal acetylenes is 1. The molecule has 1 aromatic carbocycles. The summed E-state index contributed by atoms with van der Waals surface area (Å²) in [5.41, 5.74) is 1.14. The largest absolute Gasteiger partial charge is 0.308 e. The minimum Gasteiger partial charge on any atom is -0.308 e. The molecular weight excluding hydrogens is 184 g/mol. The maximum atomic E-state index is 8.72. The Morgan fingerprint density at radius 1 is 1.33 bits per heavy atom. The molecule has 0 amide bonds. The van der Waals surface area contributed by atoms with Crippen LogP contribution in [0.25, 0.3) is 0 Å². The summed E-state index contributed by atoms with van der Waals surface area (Å²) in [6.07, 6.45) is 6.33. The van der Waals surface area contributed by atoms with E-state index in [9.17, 15) is 0 Å². The molecule has 1 N–H and O–H groups in total. The maximum absolute atomic E-state index is 8.72. The molecule has 0 aliphatic rings. The van der Waals surface area contributed by atoms with Gasteiger partial charge in [0.15, 0.2) is 0 Å². The molecule has 1 rings (SSSR count). The standard InChI is InChI=1S/C13H14N2/c1-2-3-11-15-13(9-10-14)12-7-5-4-6-8-12/h1,4-8,13,15H,3,9,11H2. The van der Waals surface area contributed by atoms with Crippen LogP contribution in [0, 0.1) is 23.7 Å². The van der Waals surface area contributed by atoms with Gasteiger partial charge in [-0.25, -0.2) is 0 Å². The van der Waals surface area contributed by atoms with Crippen LogP contribution in [0.4, 0.5) is 0 Å². The lowest BCUT2D eigenvalue weighted by atomic mass is 10.0. The van der Waals surface area contributed by atoms with Crippen molar-refractivity contribution in [1.29, 1.82) is 5.26 Å². The molecule has 0 aliphatic carbocycles. The Bertz CT molecular complexity index is 356. The third kappa shape index (κ3) is 3.85. The van der Waals surface area contributed by atoms with Gasteiger partial charge in [0.05, 0.1) is 12.5 Å². The topological polar surface area (TPSA) is 35.8 Å². The van der Waals surface area contributed by atoms with Gasteiger partial charge in [-0.15, -0.1) is 12.3 Å². The average molecular weight is 198 g/mol. The zero-order chi connectivity index (χ0) is 10.9. The predicted molar refractivity (Wildman–Crippen MR) is 60.9 cm³/mol. The molecule has 0 aliphatic heterocycles. The Balaban J connectivity index is 2.59. The summed E-state index contributed by atoms with van der Waals surface area (Å²) in [6, 6.07) is 12.2. The van der Waals surface area contributed by atoms with Gasteiger partial charge in [-0.2, -0.15) is 5.26 Å². The van der Waals surface area contributed by atoms with E-state index in [1.807, 2.05) is 30.3 Å². The molecule has 0 radical (unpaired) electrons. The first-order valence-electron chi connectivity index (χ1n) is 4.97. The first kappa shape index (κ1) is 11.3. The lowest BCUT2D eigenvalue weighted by molar-refractivity contribution is 0.551. The third-order valence-electron chi connectivity index (χ3n) is 2.16. The second-order valence-electron chi connectivity index (χ2n) is 3.23. The summed E-state index contributed by atoms with van der Waals surface area (Å²) in [7, 11) is 0. The molecule has 0 heterocycles. The highest BCUT2D eigenvalue weighted by Gasteiger charge is 2.08. The number of hydrogen-bond acceptors (Lipinski definition) is 2. The van der Waals surface area contributed by atoms with Crippen LogP contribution in [0.3, 0.4) is 0 Å². The molecular formula is C13H14N2. The summed E-state index contributed by atoms with van der Waals surface area (Å²) < 4.78 is 0. The van der Waals surface area contributed by atoms with Crippen molar-refractivity contribution in [1.82, 2.24) is 5.32 Å². The number of nitrogens with zero attached hydrogens (tertiary/aromatic N) is 1. The minimum absolute atomic E-state index is 0.0875. The first-order valence-corrected chi connectivity index (χ1v) is 4.97. The lowest BCUT2D eigenvalue weighted by Gasteiger charge is -2.15. The predicted octanol–water partition coefficient (Wildman–Crippen LogP) is 2.25. The summed E-state index contributed by atoms with van der Waals surface area (Å²) in [4.78, 5) is 0. The highest BCUT2D eigenvalue weighted by Crippen LogP contribution is 2.15. The van der Waals surface area contributed by atoms with Gasteiger partial charge in [-0.05, 0) is 5.56 Å². The molecule has 15 heavy (non-hydrogen) atoms. The van der Waals surface area contributed by atoms with Crippen LogP contribution in [0.5, 0.6) is 0 Å². The fourth-order valence-electron chi connectivity index (χ4n) is 1.40. The van der Waals surface area contributed by atoms with Crippen LogP contribution in [0.2, 0.25) is 0 Å². The van der Waals surface area contributed by atoms with Crippen molar-refractivity contribution < 1.29 is 0 Å². The molecule has 0 fully saturated rings. The molecule has 1 aromatic rings.